The normalized spacial score (nSPS) is 22.5. The Bertz CT molecular complexity index is 536. The molecule has 0 N–H and O–H groups in total. The zero-order valence-corrected chi connectivity index (χ0v) is 10.0. The predicted octanol–water partition coefficient (Wildman–Crippen LogP) is 1.83. The number of carbonyl (C=O) groups excluding carboxylic acids is 1. The smallest absolute Gasteiger partial charge is 0.166 e. The molecule has 0 bridgehead atoms. The predicted molar refractivity (Wildman–Crippen MR) is 62.1 cm³/mol. The van der Waals surface area contributed by atoms with Crippen molar-refractivity contribution in [2.45, 2.75) is 12.8 Å². The Hall–Kier alpha value is -1.23. The van der Waals surface area contributed by atoms with Crippen molar-refractivity contribution in [2.24, 2.45) is 5.92 Å². The molecule has 1 fully saturated rings. The Balaban J connectivity index is 2.06. The molecule has 3 nitrogen and oxygen atoms in total. The Morgan fingerprint density at radius 3 is 2.65 bits per heavy atom. The van der Waals surface area contributed by atoms with Crippen LogP contribution in [0.15, 0.2) is 24.3 Å². The van der Waals surface area contributed by atoms with E-state index in [1.165, 1.54) is 18.2 Å². The number of rotatable bonds is 3. The fourth-order valence-corrected chi connectivity index (χ4v) is 3.95. The van der Waals surface area contributed by atoms with E-state index in [0.29, 0.717) is 6.42 Å². The Kier molecular flexibility index (Phi) is 3.28. The first-order chi connectivity index (χ1) is 7.98. The Labute approximate surface area is 99.6 Å². The summed E-state index contributed by atoms with van der Waals surface area (Å²) >= 11 is 0. The summed E-state index contributed by atoms with van der Waals surface area (Å²) < 4.78 is 35.8. The van der Waals surface area contributed by atoms with Crippen molar-refractivity contribution in [1.82, 2.24) is 0 Å². The first kappa shape index (κ1) is 12.2. The molecule has 1 aliphatic heterocycles. The van der Waals surface area contributed by atoms with Crippen molar-refractivity contribution in [3.05, 3.63) is 35.6 Å². The summed E-state index contributed by atoms with van der Waals surface area (Å²) in [4.78, 5) is 11.8. The van der Waals surface area contributed by atoms with Crippen LogP contribution in [0.4, 0.5) is 4.39 Å². The molecule has 17 heavy (non-hydrogen) atoms. The van der Waals surface area contributed by atoms with Crippen molar-refractivity contribution in [1.29, 1.82) is 0 Å². The number of sulfone groups is 1. The molecule has 1 aromatic rings. The molecule has 0 amide bonds. The summed E-state index contributed by atoms with van der Waals surface area (Å²) in [5.41, 5.74) is 0.0526. The lowest BCUT2D eigenvalue weighted by Crippen LogP contribution is -2.11. The Morgan fingerprint density at radius 1 is 1.35 bits per heavy atom. The van der Waals surface area contributed by atoms with Crippen molar-refractivity contribution in [3.63, 3.8) is 0 Å². The standard InChI is InChI=1S/C12H13FO3S/c13-11-4-2-1-3-10(11)12(14)7-9-5-6-17(15,16)8-9/h1-4,9H,5-8H2. The van der Waals surface area contributed by atoms with Gasteiger partial charge in [-0.1, -0.05) is 12.1 Å². The van der Waals surface area contributed by atoms with Crippen LogP contribution in [0.3, 0.4) is 0 Å². The summed E-state index contributed by atoms with van der Waals surface area (Å²) in [6.45, 7) is 0. The second-order valence-corrected chi connectivity index (χ2v) is 6.60. The van der Waals surface area contributed by atoms with Crippen LogP contribution in [-0.4, -0.2) is 25.7 Å². The maximum Gasteiger partial charge on any atom is 0.166 e. The third-order valence-corrected chi connectivity index (χ3v) is 4.81. The molecule has 0 spiro atoms. The first-order valence-electron chi connectivity index (χ1n) is 5.46. The SMILES string of the molecule is O=C(CC1CCS(=O)(=O)C1)c1ccccc1F. The zero-order valence-electron chi connectivity index (χ0n) is 9.23. The van der Waals surface area contributed by atoms with Crippen LogP contribution in [0, 0.1) is 11.7 Å². The minimum atomic E-state index is -2.98. The number of ketones is 1. The van der Waals surface area contributed by atoms with Gasteiger partial charge in [-0.2, -0.15) is 0 Å². The molecule has 1 aliphatic rings. The number of carbonyl (C=O) groups is 1. The lowest BCUT2D eigenvalue weighted by atomic mass is 9.97. The quantitative estimate of drug-likeness (QED) is 0.775. The van der Waals surface area contributed by atoms with Gasteiger partial charge >= 0.3 is 0 Å². The van der Waals surface area contributed by atoms with Gasteiger partial charge in [0.2, 0.25) is 0 Å². The second kappa shape index (κ2) is 4.56. The molecular weight excluding hydrogens is 243 g/mol. The lowest BCUT2D eigenvalue weighted by Gasteiger charge is -2.06. The Morgan fingerprint density at radius 2 is 2.06 bits per heavy atom. The minimum Gasteiger partial charge on any atom is -0.294 e. The van der Waals surface area contributed by atoms with Gasteiger partial charge in [0.05, 0.1) is 17.1 Å². The van der Waals surface area contributed by atoms with E-state index in [4.69, 9.17) is 0 Å². The largest absolute Gasteiger partial charge is 0.294 e. The lowest BCUT2D eigenvalue weighted by molar-refractivity contribution is 0.0962. The van der Waals surface area contributed by atoms with Crippen LogP contribution >= 0.6 is 0 Å². The average molecular weight is 256 g/mol. The molecule has 2 rings (SSSR count). The van der Waals surface area contributed by atoms with E-state index in [9.17, 15) is 17.6 Å². The van der Waals surface area contributed by atoms with Crippen molar-refractivity contribution in [2.75, 3.05) is 11.5 Å². The van der Waals surface area contributed by atoms with Gasteiger partial charge in [0.15, 0.2) is 15.6 Å². The van der Waals surface area contributed by atoms with Crippen LogP contribution in [0.1, 0.15) is 23.2 Å². The molecule has 0 radical (unpaired) electrons. The van der Waals surface area contributed by atoms with Gasteiger partial charge in [0.1, 0.15) is 5.82 Å². The topological polar surface area (TPSA) is 51.2 Å². The van der Waals surface area contributed by atoms with E-state index in [2.05, 4.69) is 0 Å². The van der Waals surface area contributed by atoms with E-state index in [1.807, 2.05) is 0 Å². The van der Waals surface area contributed by atoms with Gasteiger partial charge in [-0.25, -0.2) is 12.8 Å². The van der Waals surface area contributed by atoms with Crippen LogP contribution < -0.4 is 0 Å². The van der Waals surface area contributed by atoms with Gasteiger partial charge in [0, 0.05) is 6.42 Å². The molecule has 1 saturated heterocycles. The van der Waals surface area contributed by atoms with Gasteiger partial charge < -0.3 is 0 Å². The van der Waals surface area contributed by atoms with Crippen LogP contribution in [-0.2, 0) is 9.84 Å². The summed E-state index contributed by atoms with van der Waals surface area (Å²) in [6.07, 6.45) is 0.614. The fraction of sp³-hybridized carbons (Fsp3) is 0.417. The molecule has 92 valence electrons. The summed E-state index contributed by atoms with van der Waals surface area (Å²) in [5.74, 6) is -0.828. The number of Topliss-reactive ketones (excluding diaryl/α,β-unsaturated/α-hetero) is 1. The number of benzene rings is 1. The highest BCUT2D eigenvalue weighted by Gasteiger charge is 2.30. The average Bonchev–Trinajstić information content (AvgIpc) is 2.58. The van der Waals surface area contributed by atoms with E-state index in [1.54, 1.807) is 6.07 Å². The zero-order chi connectivity index (χ0) is 12.5. The van der Waals surface area contributed by atoms with E-state index in [0.717, 1.165) is 0 Å². The molecule has 1 unspecified atom stereocenters. The molecule has 5 heteroatoms. The van der Waals surface area contributed by atoms with E-state index >= 15 is 0 Å². The van der Waals surface area contributed by atoms with Crippen LogP contribution in [0.5, 0.6) is 0 Å². The molecule has 1 heterocycles. The minimum absolute atomic E-state index is 0.0488. The van der Waals surface area contributed by atoms with Crippen LogP contribution in [0.25, 0.3) is 0 Å². The van der Waals surface area contributed by atoms with Crippen molar-refractivity contribution < 1.29 is 17.6 Å². The molecule has 1 aromatic carbocycles. The molecule has 0 saturated carbocycles. The third kappa shape index (κ3) is 2.91. The highest BCUT2D eigenvalue weighted by atomic mass is 32.2. The molecule has 1 atom stereocenters. The molecule has 0 aromatic heterocycles. The van der Waals surface area contributed by atoms with Gasteiger partial charge in [-0.05, 0) is 24.5 Å². The van der Waals surface area contributed by atoms with Crippen molar-refractivity contribution in [3.8, 4) is 0 Å². The third-order valence-electron chi connectivity index (χ3n) is 2.98. The van der Waals surface area contributed by atoms with Crippen molar-refractivity contribution >= 4 is 15.6 Å². The molecule has 0 aliphatic carbocycles. The van der Waals surface area contributed by atoms with Gasteiger partial charge in [-0.15, -0.1) is 0 Å². The van der Waals surface area contributed by atoms with E-state index in [-0.39, 0.29) is 35.2 Å². The van der Waals surface area contributed by atoms with Gasteiger partial charge in [0.25, 0.3) is 0 Å². The number of hydrogen-bond donors (Lipinski definition) is 0. The number of hydrogen-bond acceptors (Lipinski definition) is 3. The maximum atomic E-state index is 13.3. The maximum absolute atomic E-state index is 13.3. The van der Waals surface area contributed by atoms with Crippen LogP contribution in [0.2, 0.25) is 0 Å². The van der Waals surface area contributed by atoms with Gasteiger partial charge in [-0.3, -0.25) is 4.79 Å². The first-order valence-corrected chi connectivity index (χ1v) is 7.28. The summed E-state index contributed by atoms with van der Waals surface area (Å²) in [7, 11) is -2.98. The second-order valence-electron chi connectivity index (χ2n) is 4.38. The highest BCUT2D eigenvalue weighted by molar-refractivity contribution is 7.91. The van der Waals surface area contributed by atoms with E-state index < -0.39 is 15.7 Å². The number of halogens is 1. The summed E-state index contributed by atoms with van der Waals surface area (Å²) in [6, 6.07) is 5.79. The summed E-state index contributed by atoms with van der Waals surface area (Å²) in [5, 5.41) is 0. The highest BCUT2D eigenvalue weighted by Crippen LogP contribution is 2.23. The monoisotopic (exact) mass is 256 g/mol. The fourth-order valence-electron chi connectivity index (χ4n) is 2.09. The molecular formula is C12H13FO3S.